The topological polar surface area (TPSA) is 74.2 Å². The number of pyridine rings is 1. The number of benzene rings is 1. The Hall–Kier alpha value is -3.48. The van der Waals surface area contributed by atoms with Crippen LogP contribution in [0.25, 0.3) is 11.4 Å². The minimum absolute atomic E-state index is 0.0957. The quantitative estimate of drug-likeness (QED) is 0.684. The van der Waals surface area contributed by atoms with Gasteiger partial charge in [0, 0.05) is 81.1 Å². The summed E-state index contributed by atoms with van der Waals surface area (Å²) in [5.41, 5.74) is 3.74. The summed E-state index contributed by atoms with van der Waals surface area (Å²) in [5, 5.41) is 3.14. The lowest BCUT2D eigenvalue weighted by Gasteiger charge is -2.32. The van der Waals surface area contributed by atoms with E-state index in [2.05, 4.69) is 15.3 Å². The van der Waals surface area contributed by atoms with E-state index in [1.54, 1.807) is 12.4 Å². The summed E-state index contributed by atoms with van der Waals surface area (Å²) in [6, 6.07) is 13.7. The lowest BCUT2D eigenvalue weighted by Crippen LogP contribution is -2.38. The van der Waals surface area contributed by atoms with Gasteiger partial charge in [0.05, 0.1) is 0 Å². The normalized spacial score (nSPS) is 14.4. The van der Waals surface area contributed by atoms with Gasteiger partial charge >= 0.3 is 0 Å². The van der Waals surface area contributed by atoms with Gasteiger partial charge in [-0.15, -0.1) is 0 Å². The van der Waals surface area contributed by atoms with Gasteiger partial charge in [-0.3, -0.25) is 9.78 Å². The molecule has 1 amide bonds. The van der Waals surface area contributed by atoms with Gasteiger partial charge in [-0.25, -0.2) is 9.97 Å². The van der Waals surface area contributed by atoms with Crippen molar-refractivity contribution in [3.05, 3.63) is 66.1 Å². The van der Waals surface area contributed by atoms with Gasteiger partial charge < -0.3 is 15.1 Å². The third-order valence-corrected chi connectivity index (χ3v) is 5.75. The zero-order valence-electron chi connectivity index (χ0n) is 18.2. The highest BCUT2D eigenvalue weighted by Gasteiger charge is 2.26. The lowest BCUT2D eigenvalue weighted by molar-refractivity contribution is 0.0712. The van der Waals surface area contributed by atoms with Crippen LogP contribution in [-0.4, -0.2) is 60.0 Å². The standard InChI is InChI=1S/C24H28N6O/c1-25-22-15-21(27-23(28-22)19-5-4-12-26-16-19)17-10-13-30(14-11-17)24(31)18-6-8-20(9-7-18)29(2)3/h4-9,12,15-17H,10-11,13-14H2,1-3H3,(H,25,27,28). The first kappa shape index (κ1) is 20.8. The number of rotatable bonds is 5. The fraction of sp³-hybridized carbons (Fsp3) is 0.333. The predicted molar refractivity (Wildman–Crippen MR) is 123 cm³/mol. The summed E-state index contributed by atoms with van der Waals surface area (Å²) in [6.07, 6.45) is 5.29. The molecule has 2 aromatic heterocycles. The Morgan fingerprint density at radius 3 is 2.45 bits per heavy atom. The number of carbonyl (C=O) groups excluding carboxylic acids is 1. The third kappa shape index (κ3) is 4.66. The SMILES string of the molecule is CNc1cc(C2CCN(C(=O)c3ccc(N(C)C)cc3)CC2)nc(-c2cccnc2)n1. The predicted octanol–water partition coefficient (Wildman–Crippen LogP) is 3.67. The highest BCUT2D eigenvalue weighted by molar-refractivity contribution is 5.94. The van der Waals surface area contributed by atoms with Crippen molar-refractivity contribution in [1.29, 1.82) is 0 Å². The first-order valence-electron chi connectivity index (χ1n) is 10.6. The van der Waals surface area contributed by atoms with E-state index in [1.807, 2.05) is 73.4 Å². The van der Waals surface area contributed by atoms with Crippen LogP contribution in [0.2, 0.25) is 0 Å². The molecule has 3 aromatic rings. The third-order valence-electron chi connectivity index (χ3n) is 5.75. The lowest BCUT2D eigenvalue weighted by atomic mass is 9.92. The molecule has 0 radical (unpaired) electrons. The van der Waals surface area contributed by atoms with E-state index in [0.717, 1.165) is 54.3 Å². The van der Waals surface area contributed by atoms with Gasteiger partial charge in [-0.2, -0.15) is 0 Å². The molecule has 0 atom stereocenters. The fourth-order valence-corrected chi connectivity index (χ4v) is 3.89. The van der Waals surface area contributed by atoms with Crippen LogP contribution in [0.1, 0.15) is 34.8 Å². The van der Waals surface area contributed by atoms with Gasteiger partial charge in [0.25, 0.3) is 5.91 Å². The molecule has 0 bridgehead atoms. The minimum atomic E-state index is 0.0957. The number of hydrogen-bond donors (Lipinski definition) is 1. The van der Waals surface area contributed by atoms with Crippen LogP contribution in [0.4, 0.5) is 11.5 Å². The number of nitrogens with one attached hydrogen (secondary N) is 1. The molecule has 3 heterocycles. The molecule has 7 heteroatoms. The summed E-state index contributed by atoms with van der Waals surface area (Å²) in [7, 11) is 5.85. The molecule has 0 unspecified atom stereocenters. The Morgan fingerprint density at radius 2 is 1.84 bits per heavy atom. The molecular formula is C24H28N6O. The number of hydrogen-bond acceptors (Lipinski definition) is 6. The van der Waals surface area contributed by atoms with Crippen molar-refractivity contribution in [2.75, 3.05) is 44.4 Å². The second-order valence-corrected chi connectivity index (χ2v) is 8.00. The molecule has 1 saturated heterocycles. The van der Waals surface area contributed by atoms with Crippen molar-refractivity contribution in [2.45, 2.75) is 18.8 Å². The van der Waals surface area contributed by atoms with E-state index in [9.17, 15) is 4.79 Å². The molecule has 0 saturated carbocycles. The summed E-state index contributed by atoms with van der Waals surface area (Å²) < 4.78 is 0. The summed E-state index contributed by atoms with van der Waals surface area (Å²) >= 11 is 0. The summed E-state index contributed by atoms with van der Waals surface area (Å²) in [6.45, 7) is 1.44. The molecule has 0 aliphatic carbocycles. The van der Waals surface area contributed by atoms with Crippen LogP contribution >= 0.6 is 0 Å². The first-order chi connectivity index (χ1) is 15.0. The Bertz CT molecular complexity index is 1030. The zero-order chi connectivity index (χ0) is 21.8. The van der Waals surface area contributed by atoms with Crippen LogP contribution in [0, 0.1) is 0 Å². The smallest absolute Gasteiger partial charge is 0.253 e. The number of amides is 1. The minimum Gasteiger partial charge on any atom is -0.378 e. The van der Waals surface area contributed by atoms with Crippen LogP contribution in [0.3, 0.4) is 0 Å². The van der Waals surface area contributed by atoms with E-state index in [4.69, 9.17) is 4.98 Å². The Balaban J connectivity index is 1.46. The second kappa shape index (κ2) is 9.12. The van der Waals surface area contributed by atoms with Gasteiger partial charge in [0.15, 0.2) is 5.82 Å². The second-order valence-electron chi connectivity index (χ2n) is 8.00. The van der Waals surface area contributed by atoms with Gasteiger partial charge in [-0.1, -0.05) is 0 Å². The van der Waals surface area contributed by atoms with Crippen molar-refractivity contribution in [2.24, 2.45) is 0 Å². The van der Waals surface area contributed by atoms with Crippen molar-refractivity contribution in [3.8, 4) is 11.4 Å². The van der Waals surface area contributed by atoms with E-state index < -0.39 is 0 Å². The van der Waals surface area contributed by atoms with Gasteiger partial charge in [0.2, 0.25) is 0 Å². The van der Waals surface area contributed by atoms with Crippen molar-refractivity contribution < 1.29 is 4.79 Å². The molecule has 160 valence electrons. The molecule has 1 aromatic carbocycles. The molecule has 1 fully saturated rings. The Labute approximate surface area is 183 Å². The monoisotopic (exact) mass is 416 g/mol. The van der Waals surface area contributed by atoms with Crippen LogP contribution in [0.15, 0.2) is 54.9 Å². The van der Waals surface area contributed by atoms with Gasteiger partial charge in [-0.05, 0) is 49.2 Å². The number of carbonyl (C=O) groups is 1. The Morgan fingerprint density at radius 1 is 1.10 bits per heavy atom. The molecule has 1 aliphatic rings. The van der Waals surface area contributed by atoms with Crippen LogP contribution < -0.4 is 10.2 Å². The molecule has 1 N–H and O–H groups in total. The maximum absolute atomic E-state index is 12.9. The Kier molecular flexibility index (Phi) is 6.11. The van der Waals surface area contributed by atoms with E-state index in [-0.39, 0.29) is 5.91 Å². The number of nitrogens with zero attached hydrogens (tertiary/aromatic N) is 5. The van der Waals surface area contributed by atoms with Crippen molar-refractivity contribution in [1.82, 2.24) is 19.9 Å². The summed E-state index contributed by atoms with van der Waals surface area (Å²) in [5.74, 6) is 1.86. The van der Waals surface area contributed by atoms with Crippen LogP contribution in [0.5, 0.6) is 0 Å². The average molecular weight is 417 g/mol. The highest BCUT2D eigenvalue weighted by Crippen LogP contribution is 2.30. The van der Waals surface area contributed by atoms with Crippen molar-refractivity contribution >= 4 is 17.4 Å². The van der Waals surface area contributed by atoms with Gasteiger partial charge in [0.1, 0.15) is 5.82 Å². The largest absolute Gasteiger partial charge is 0.378 e. The molecule has 31 heavy (non-hydrogen) atoms. The average Bonchev–Trinajstić information content (AvgIpc) is 2.84. The van der Waals surface area contributed by atoms with Crippen LogP contribution in [-0.2, 0) is 0 Å². The first-order valence-corrected chi connectivity index (χ1v) is 10.6. The maximum atomic E-state index is 12.9. The molecule has 4 rings (SSSR count). The highest BCUT2D eigenvalue weighted by atomic mass is 16.2. The number of likely N-dealkylation sites (tertiary alicyclic amines) is 1. The fourth-order valence-electron chi connectivity index (χ4n) is 3.89. The van der Waals surface area contributed by atoms with E-state index in [1.165, 1.54) is 0 Å². The number of aromatic nitrogens is 3. The molecule has 1 aliphatic heterocycles. The molecule has 7 nitrogen and oxygen atoms in total. The molecular weight excluding hydrogens is 388 g/mol. The van der Waals surface area contributed by atoms with E-state index >= 15 is 0 Å². The van der Waals surface area contributed by atoms with E-state index in [0.29, 0.717) is 11.7 Å². The maximum Gasteiger partial charge on any atom is 0.253 e. The summed E-state index contributed by atoms with van der Waals surface area (Å²) in [4.78, 5) is 30.5. The number of anilines is 2. The molecule has 0 spiro atoms. The zero-order valence-corrected chi connectivity index (χ0v) is 18.2. The van der Waals surface area contributed by atoms with Crippen molar-refractivity contribution in [3.63, 3.8) is 0 Å². The number of piperidine rings is 1.